The minimum atomic E-state index is 0.630. The fourth-order valence-electron chi connectivity index (χ4n) is 0. The van der Waals surface area contributed by atoms with Gasteiger partial charge in [0.1, 0.15) is 0 Å². The van der Waals surface area contributed by atoms with Crippen molar-refractivity contribution in [3.63, 3.8) is 0 Å². The van der Waals surface area contributed by atoms with Gasteiger partial charge in [-0.15, -0.1) is 39.5 Å². The first-order valence-electron chi connectivity index (χ1n) is 13.0. The van der Waals surface area contributed by atoms with E-state index in [1.54, 1.807) is 54.2 Å². The molecule has 0 fully saturated rings. The van der Waals surface area contributed by atoms with Gasteiger partial charge in [0, 0.05) is 28.2 Å². The monoisotopic (exact) mass is 567 g/mol. The van der Waals surface area contributed by atoms with Crippen molar-refractivity contribution in [1.29, 1.82) is 0 Å². The van der Waals surface area contributed by atoms with Crippen LogP contribution in [0, 0.1) is 0 Å². The lowest BCUT2D eigenvalue weighted by atomic mass is 10.3. The molecular weight excluding hydrogens is 492 g/mol. The molecule has 0 amide bonds. The predicted octanol–water partition coefficient (Wildman–Crippen LogP) is 10.1. The molecule has 6 heteroatoms. The van der Waals surface area contributed by atoms with E-state index >= 15 is 0 Å². The Balaban J connectivity index is -0.0000000315. The summed E-state index contributed by atoms with van der Waals surface area (Å²) in [7, 11) is 6.60. The number of rotatable bonds is 2. The summed E-state index contributed by atoms with van der Waals surface area (Å²) in [6.45, 7) is 50.8. The minimum absolute atomic E-state index is 0.630. The van der Waals surface area contributed by atoms with Crippen molar-refractivity contribution in [2.75, 3.05) is 28.2 Å². The molecule has 0 aromatic carbocycles. The molecule has 0 atom stereocenters. The minimum Gasteiger partial charge on any atom is -0.388 e. The standard InChI is InChI=1S/2C5H10.2C4H8.2C3H8N2.2C3H6.2C2H5N/c2*1-4-5(2)3;2*1-4(2)3;2*1-3(4)5-2;4*1-3-2/h2*2,4H2,1,3H3;2*1H2,2-3H3;2*1-2H3,(H2,4,5);2*3H,1H2,2H3;2*1H2,2H3. The van der Waals surface area contributed by atoms with Crippen LogP contribution in [0.1, 0.15) is 95.9 Å². The molecule has 0 bridgehead atoms. The molecule has 0 aliphatic heterocycles. The molecule has 0 radical (unpaired) electrons. The highest BCUT2D eigenvalue weighted by Gasteiger charge is 1.68. The molecule has 0 rings (SSSR count). The number of nitrogens with two attached hydrogens (primary N) is 2. The predicted molar refractivity (Wildman–Crippen MR) is 200 cm³/mol. The number of hydrogen-bond acceptors (Lipinski definition) is 4. The van der Waals surface area contributed by atoms with E-state index in [0.717, 1.165) is 12.8 Å². The zero-order valence-corrected chi connectivity index (χ0v) is 30.2. The van der Waals surface area contributed by atoms with E-state index in [2.05, 4.69) is 86.7 Å². The van der Waals surface area contributed by atoms with Crippen molar-refractivity contribution >= 4 is 25.1 Å². The lowest BCUT2D eigenvalue weighted by Gasteiger charge is -1.79. The summed E-state index contributed by atoms with van der Waals surface area (Å²) >= 11 is 0. The molecule has 0 aliphatic carbocycles. The van der Waals surface area contributed by atoms with Crippen molar-refractivity contribution in [3.8, 4) is 0 Å². The number of allylic oxidation sites excluding steroid dienone is 6. The normalized spacial score (nSPS) is 7.50. The van der Waals surface area contributed by atoms with Crippen molar-refractivity contribution < 1.29 is 0 Å². The largest absolute Gasteiger partial charge is 0.388 e. The van der Waals surface area contributed by atoms with E-state index in [0.29, 0.717) is 11.7 Å². The molecule has 40 heavy (non-hydrogen) atoms. The Bertz CT molecular complexity index is 528. The lowest BCUT2D eigenvalue weighted by molar-refractivity contribution is 1.11. The van der Waals surface area contributed by atoms with Crippen LogP contribution in [0.5, 0.6) is 0 Å². The third-order valence-corrected chi connectivity index (χ3v) is 1.91. The van der Waals surface area contributed by atoms with Crippen molar-refractivity contribution in [2.45, 2.75) is 95.9 Å². The second-order valence-electron chi connectivity index (χ2n) is 8.21. The zero-order valence-electron chi connectivity index (χ0n) is 30.2. The summed E-state index contributed by atoms with van der Waals surface area (Å²) in [6.07, 6.45) is 5.72. The van der Waals surface area contributed by atoms with Gasteiger partial charge in [-0.1, -0.05) is 48.3 Å². The van der Waals surface area contributed by atoms with E-state index in [1.165, 1.54) is 22.3 Å². The van der Waals surface area contributed by atoms with E-state index in [-0.39, 0.29) is 0 Å². The Hall–Kier alpha value is -3.28. The van der Waals surface area contributed by atoms with Gasteiger partial charge in [-0.2, -0.15) is 0 Å². The molecule has 0 heterocycles. The van der Waals surface area contributed by atoms with Crippen LogP contribution in [0.3, 0.4) is 0 Å². The van der Waals surface area contributed by atoms with Crippen LogP contribution in [-0.4, -0.2) is 53.3 Å². The fraction of sp³-hybridized carbons (Fsp3) is 0.529. The maximum absolute atomic E-state index is 5.04. The van der Waals surface area contributed by atoms with Crippen molar-refractivity contribution in [2.24, 2.45) is 31.4 Å². The van der Waals surface area contributed by atoms with Crippen LogP contribution >= 0.6 is 0 Å². The van der Waals surface area contributed by atoms with Gasteiger partial charge < -0.3 is 21.5 Å². The second-order valence-corrected chi connectivity index (χ2v) is 8.21. The molecule has 4 N–H and O–H groups in total. The summed E-state index contributed by atoms with van der Waals surface area (Å²) in [6, 6.07) is 0. The summed E-state index contributed by atoms with van der Waals surface area (Å²) in [5.41, 5.74) is 14.9. The van der Waals surface area contributed by atoms with Gasteiger partial charge in [0.2, 0.25) is 0 Å². The first-order valence-corrected chi connectivity index (χ1v) is 13.0. The van der Waals surface area contributed by atoms with E-state index in [4.69, 9.17) is 11.5 Å². The fourth-order valence-corrected chi connectivity index (χ4v) is 0. The highest BCUT2D eigenvalue weighted by Crippen LogP contribution is 1.89. The first kappa shape index (κ1) is 65.6. The maximum Gasteiger partial charge on any atom is 0.0902 e. The quantitative estimate of drug-likeness (QED) is 0.197. The molecule has 0 unspecified atom stereocenters. The number of hydrogen-bond donors (Lipinski definition) is 2. The van der Waals surface area contributed by atoms with Gasteiger partial charge in [0.15, 0.2) is 0 Å². The number of amidine groups is 2. The molecular formula is C34H74N6. The van der Waals surface area contributed by atoms with Gasteiger partial charge in [-0.25, -0.2) is 0 Å². The third-order valence-electron chi connectivity index (χ3n) is 1.91. The van der Waals surface area contributed by atoms with Crippen LogP contribution in [-0.2, 0) is 0 Å². The molecule has 0 aromatic heterocycles. The second kappa shape index (κ2) is 83.4. The third kappa shape index (κ3) is 1770. The summed E-state index contributed by atoms with van der Waals surface area (Å²) in [4.78, 5) is 13.7. The van der Waals surface area contributed by atoms with E-state index in [1.807, 2.05) is 55.4 Å². The molecule has 0 saturated carbocycles. The zero-order chi connectivity index (χ0) is 35.1. The summed E-state index contributed by atoms with van der Waals surface area (Å²) in [5, 5.41) is 0. The molecule has 6 nitrogen and oxygen atoms in total. The lowest BCUT2D eigenvalue weighted by Crippen LogP contribution is -2.03. The van der Waals surface area contributed by atoms with Gasteiger partial charge >= 0.3 is 0 Å². The highest BCUT2D eigenvalue weighted by molar-refractivity contribution is 5.77. The topological polar surface area (TPSA) is 101 Å². The van der Waals surface area contributed by atoms with Crippen LogP contribution in [0.25, 0.3) is 0 Å². The molecule has 240 valence electrons. The summed E-state index contributed by atoms with van der Waals surface area (Å²) in [5.74, 6) is 1.26. The van der Waals surface area contributed by atoms with Gasteiger partial charge in [-0.05, 0) is 95.5 Å². The van der Waals surface area contributed by atoms with Gasteiger partial charge in [0.25, 0.3) is 0 Å². The van der Waals surface area contributed by atoms with Crippen LogP contribution < -0.4 is 11.5 Å². The molecule has 0 spiro atoms. The van der Waals surface area contributed by atoms with Gasteiger partial charge in [-0.3, -0.25) is 9.98 Å². The van der Waals surface area contributed by atoms with E-state index in [9.17, 15) is 0 Å². The van der Waals surface area contributed by atoms with Crippen LogP contribution in [0.4, 0.5) is 0 Å². The average Bonchev–Trinajstić information content (AvgIpc) is 2.81. The van der Waals surface area contributed by atoms with Gasteiger partial charge in [0.05, 0.1) is 11.7 Å². The Kier molecular flexibility index (Phi) is 137. The smallest absolute Gasteiger partial charge is 0.0902 e. The molecule has 0 aromatic rings. The van der Waals surface area contributed by atoms with Crippen LogP contribution in [0.2, 0.25) is 0 Å². The summed E-state index contributed by atoms with van der Waals surface area (Å²) < 4.78 is 0. The van der Waals surface area contributed by atoms with Crippen LogP contribution in [0.15, 0.2) is 93.9 Å². The Morgan fingerprint density at radius 2 is 0.600 bits per heavy atom. The van der Waals surface area contributed by atoms with E-state index < -0.39 is 0 Å². The van der Waals surface area contributed by atoms with Crippen molar-refractivity contribution in [3.05, 3.63) is 73.9 Å². The average molecular weight is 567 g/mol. The molecule has 0 saturated heterocycles. The SMILES string of the molecule is C=C(C)C.C=C(C)C.C=C(C)CC.C=C(C)CC.C=CC.C=CC.C=NC.C=NC.CN=C(C)N.CN=C(C)N. The molecule has 0 aliphatic rings. The maximum atomic E-state index is 5.04. The number of nitrogens with zero attached hydrogens (tertiary/aromatic N) is 4. The Morgan fingerprint density at radius 1 is 0.550 bits per heavy atom. The Morgan fingerprint density at radius 3 is 0.600 bits per heavy atom. The Labute approximate surface area is 254 Å². The highest BCUT2D eigenvalue weighted by atomic mass is 14.8. The first-order chi connectivity index (χ1) is 18.2. The number of aliphatic imine (C=N–C) groups is 4. The van der Waals surface area contributed by atoms with Crippen molar-refractivity contribution in [1.82, 2.24) is 0 Å².